The number of hydrogen-bond acceptors (Lipinski definition) is 3. The quantitative estimate of drug-likeness (QED) is 0.770. The van der Waals surface area contributed by atoms with Gasteiger partial charge in [0.05, 0.1) is 11.9 Å². The van der Waals surface area contributed by atoms with Crippen molar-refractivity contribution in [3.63, 3.8) is 0 Å². The van der Waals surface area contributed by atoms with Crippen molar-refractivity contribution in [1.82, 2.24) is 4.98 Å². The second-order valence-corrected chi connectivity index (χ2v) is 5.93. The zero-order valence-corrected chi connectivity index (χ0v) is 13.1. The molecule has 1 aliphatic rings. The fourth-order valence-electron chi connectivity index (χ4n) is 2.88. The van der Waals surface area contributed by atoms with Crippen molar-refractivity contribution in [2.75, 3.05) is 22.5 Å². The van der Waals surface area contributed by atoms with Crippen molar-refractivity contribution >= 4 is 23.1 Å². The van der Waals surface area contributed by atoms with Crippen LogP contribution in [-0.2, 0) is 0 Å². The third-order valence-corrected chi connectivity index (χ3v) is 4.13. The van der Waals surface area contributed by atoms with Crippen LogP contribution in [0, 0.1) is 5.92 Å². The van der Waals surface area contributed by atoms with Gasteiger partial charge in [-0.3, -0.25) is 4.98 Å². The summed E-state index contributed by atoms with van der Waals surface area (Å²) in [7, 11) is 0. The van der Waals surface area contributed by atoms with E-state index in [1.54, 1.807) is 24.5 Å². The number of amides is 2. The molecule has 0 radical (unpaired) electrons. The van der Waals surface area contributed by atoms with Crippen LogP contribution in [0.3, 0.4) is 0 Å². The van der Waals surface area contributed by atoms with Gasteiger partial charge in [-0.05, 0) is 55.2 Å². The van der Waals surface area contributed by atoms with E-state index in [0.29, 0.717) is 5.69 Å². The minimum absolute atomic E-state index is 0.273. The van der Waals surface area contributed by atoms with E-state index in [1.165, 1.54) is 25.7 Å². The predicted octanol–water partition coefficient (Wildman–Crippen LogP) is 4.33. The summed E-state index contributed by atoms with van der Waals surface area (Å²) in [6.07, 6.45) is 8.67. The first-order valence-corrected chi connectivity index (χ1v) is 8.11. The highest BCUT2D eigenvalue weighted by molar-refractivity contribution is 5.99. The normalized spacial score (nSPS) is 14.4. The van der Waals surface area contributed by atoms with E-state index >= 15 is 0 Å². The highest BCUT2D eigenvalue weighted by Gasteiger charge is 2.14. The highest BCUT2D eigenvalue weighted by atomic mass is 16.2. The van der Waals surface area contributed by atoms with Gasteiger partial charge in [-0.15, -0.1) is 0 Å². The third-order valence-electron chi connectivity index (χ3n) is 4.13. The van der Waals surface area contributed by atoms with Crippen molar-refractivity contribution in [3.05, 3.63) is 48.8 Å². The number of aromatic nitrogens is 1. The zero-order chi connectivity index (χ0) is 15.9. The fraction of sp³-hybridized carbons (Fsp3) is 0.333. The molecule has 1 aromatic carbocycles. The monoisotopic (exact) mass is 310 g/mol. The molecule has 1 saturated carbocycles. The molecule has 2 aromatic rings. The molecule has 0 atom stereocenters. The lowest BCUT2D eigenvalue weighted by molar-refractivity contribution is 0.262. The summed E-state index contributed by atoms with van der Waals surface area (Å²) in [5, 5.41) is 9.02. The molecule has 1 aliphatic carbocycles. The summed E-state index contributed by atoms with van der Waals surface area (Å²) in [6.45, 7) is 1.04. The summed E-state index contributed by atoms with van der Waals surface area (Å²) >= 11 is 0. The van der Waals surface area contributed by atoms with Crippen LogP contribution in [0.25, 0.3) is 0 Å². The Balaban J connectivity index is 1.47. The molecule has 3 rings (SSSR count). The van der Waals surface area contributed by atoms with Crippen LogP contribution in [0.4, 0.5) is 21.9 Å². The fourth-order valence-corrected chi connectivity index (χ4v) is 2.88. The lowest BCUT2D eigenvalue weighted by Gasteiger charge is -2.12. The Kier molecular flexibility index (Phi) is 5.09. The van der Waals surface area contributed by atoms with E-state index < -0.39 is 0 Å². The number of carbonyl (C=O) groups is 1. The molecule has 1 heterocycles. The number of rotatable bonds is 5. The minimum Gasteiger partial charge on any atom is -0.385 e. The van der Waals surface area contributed by atoms with Crippen LogP contribution in [0.15, 0.2) is 48.8 Å². The van der Waals surface area contributed by atoms with E-state index in [4.69, 9.17) is 0 Å². The van der Waals surface area contributed by atoms with Gasteiger partial charge in [0.15, 0.2) is 0 Å². The molecular weight excluding hydrogens is 288 g/mol. The Morgan fingerprint density at radius 2 is 1.70 bits per heavy atom. The Bertz CT molecular complexity index is 621. The smallest absolute Gasteiger partial charge is 0.323 e. The van der Waals surface area contributed by atoms with Gasteiger partial charge in [0.2, 0.25) is 0 Å². The highest BCUT2D eigenvalue weighted by Crippen LogP contribution is 2.25. The molecule has 0 saturated heterocycles. The molecule has 0 aliphatic heterocycles. The van der Waals surface area contributed by atoms with Crippen molar-refractivity contribution in [3.8, 4) is 0 Å². The number of urea groups is 1. The average Bonchev–Trinajstić information content (AvgIpc) is 3.08. The van der Waals surface area contributed by atoms with Crippen LogP contribution >= 0.6 is 0 Å². The van der Waals surface area contributed by atoms with Gasteiger partial charge >= 0.3 is 6.03 Å². The number of pyridine rings is 1. The van der Waals surface area contributed by atoms with Gasteiger partial charge in [0.25, 0.3) is 0 Å². The van der Waals surface area contributed by atoms with Crippen molar-refractivity contribution in [2.24, 2.45) is 5.92 Å². The largest absolute Gasteiger partial charge is 0.385 e. The number of nitrogens with one attached hydrogen (secondary N) is 3. The second-order valence-electron chi connectivity index (χ2n) is 5.93. The van der Waals surface area contributed by atoms with Crippen molar-refractivity contribution in [1.29, 1.82) is 0 Å². The maximum atomic E-state index is 11.9. The molecule has 1 fully saturated rings. The molecule has 0 bridgehead atoms. The molecule has 2 amide bonds. The summed E-state index contributed by atoms with van der Waals surface area (Å²) in [5.41, 5.74) is 2.52. The first-order valence-electron chi connectivity index (χ1n) is 8.11. The third kappa shape index (κ3) is 4.71. The predicted molar refractivity (Wildman–Crippen MR) is 93.8 cm³/mol. The summed E-state index contributed by atoms with van der Waals surface area (Å²) < 4.78 is 0. The van der Waals surface area contributed by atoms with Crippen LogP contribution < -0.4 is 16.0 Å². The van der Waals surface area contributed by atoms with E-state index in [2.05, 4.69) is 20.9 Å². The van der Waals surface area contributed by atoms with Gasteiger partial charge in [0, 0.05) is 24.1 Å². The summed E-state index contributed by atoms with van der Waals surface area (Å²) in [5.74, 6) is 0.804. The standard InChI is InChI=1S/C18H22N4O/c23-18(22-17-6-3-11-19-13-17)21-16-9-7-15(8-10-16)20-12-14-4-1-2-5-14/h3,6-11,13-14,20H,1-2,4-5,12H2,(H2,21,22,23). The first kappa shape index (κ1) is 15.3. The number of carbonyl (C=O) groups excluding carboxylic acids is 1. The van der Waals surface area contributed by atoms with Gasteiger partial charge in [0.1, 0.15) is 0 Å². The Morgan fingerprint density at radius 3 is 2.39 bits per heavy atom. The molecule has 0 unspecified atom stereocenters. The van der Waals surface area contributed by atoms with E-state index in [9.17, 15) is 4.79 Å². The minimum atomic E-state index is -0.273. The topological polar surface area (TPSA) is 66.1 Å². The lowest BCUT2D eigenvalue weighted by atomic mass is 10.1. The van der Waals surface area contributed by atoms with Crippen LogP contribution in [-0.4, -0.2) is 17.6 Å². The molecule has 0 spiro atoms. The Labute approximate surface area is 136 Å². The molecule has 5 nitrogen and oxygen atoms in total. The number of hydrogen-bond donors (Lipinski definition) is 3. The maximum absolute atomic E-state index is 11.9. The van der Waals surface area contributed by atoms with Crippen molar-refractivity contribution < 1.29 is 4.79 Å². The van der Waals surface area contributed by atoms with Crippen LogP contribution in [0.2, 0.25) is 0 Å². The van der Waals surface area contributed by atoms with Crippen molar-refractivity contribution in [2.45, 2.75) is 25.7 Å². The summed E-state index contributed by atoms with van der Waals surface area (Å²) in [4.78, 5) is 15.9. The van der Waals surface area contributed by atoms with Gasteiger partial charge in [-0.2, -0.15) is 0 Å². The molecule has 3 N–H and O–H groups in total. The Hall–Kier alpha value is -2.56. The van der Waals surface area contributed by atoms with Gasteiger partial charge in [-0.25, -0.2) is 4.79 Å². The molecular formula is C18H22N4O. The molecule has 1 aromatic heterocycles. The number of nitrogens with zero attached hydrogens (tertiary/aromatic N) is 1. The average molecular weight is 310 g/mol. The second kappa shape index (κ2) is 7.63. The molecule has 5 heteroatoms. The van der Waals surface area contributed by atoms with Gasteiger partial charge < -0.3 is 16.0 Å². The first-order chi connectivity index (χ1) is 11.3. The molecule has 23 heavy (non-hydrogen) atoms. The van der Waals surface area contributed by atoms with Crippen LogP contribution in [0.5, 0.6) is 0 Å². The van der Waals surface area contributed by atoms with Gasteiger partial charge in [-0.1, -0.05) is 12.8 Å². The van der Waals surface area contributed by atoms with E-state index in [1.807, 2.05) is 24.3 Å². The van der Waals surface area contributed by atoms with E-state index in [-0.39, 0.29) is 6.03 Å². The SMILES string of the molecule is O=C(Nc1ccc(NCC2CCCC2)cc1)Nc1cccnc1. The zero-order valence-electron chi connectivity index (χ0n) is 13.1. The summed E-state index contributed by atoms with van der Waals surface area (Å²) in [6, 6.07) is 11.1. The number of benzene rings is 1. The van der Waals surface area contributed by atoms with Crippen LogP contribution in [0.1, 0.15) is 25.7 Å². The maximum Gasteiger partial charge on any atom is 0.323 e. The lowest BCUT2D eigenvalue weighted by Crippen LogP contribution is -2.19. The molecule has 120 valence electrons. The Morgan fingerprint density at radius 1 is 1.00 bits per heavy atom. The van der Waals surface area contributed by atoms with E-state index in [0.717, 1.165) is 23.8 Å². The number of anilines is 3.